The maximum absolute atomic E-state index is 6.25. The van der Waals surface area contributed by atoms with Gasteiger partial charge in [0, 0.05) is 32.7 Å². The quantitative estimate of drug-likeness (QED) is 0.425. The molecule has 6 heteroatoms. The van der Waals surface area contributed by atoms with Gasteiger partial charge in [0.25, 0.3) is 0 Å². The van der Waals surface area contributed by atoms with Gasteiger partial charge in [0.1, 0.15) is 6.61 Å². The molecule has 0 unspecified atom stereocenters. The van der Waals surface area contributed by atoms with Crippen molar-refractivity contribution in [3.8, 4) is 11.5 Å². The predicted molar refractivity (Wildman–Crippen MR) is 124 cm³/mol. The van der Waals surface area contributed by atoms with Crippen LogP contribution in [0.4, 0.5) is 0 Å². The number of nitrogens with one attached hydrogen (secondary N) is 1. The summed E-state index contributed by atoms with van der Waals surface area (Å²) in [4.78, 5) is 0. The van der Waals surface area contributed by atoms with E-state index in [2.05, 4.69) is 21.2 Å². The van der Waals surface area contributed by atoms with Crippen LogP contribution in [-0.2, 0) is 13.2 Å². The molecule has 2 aromatic rings. The molecule has 3 rings (SSSR count). The van der Waals surface area contributed by atoms with Crippen LogP contribution in [0.5, 0.6) is 11.5 Å². The molecule has 1 aliphatic carbocycles. The van der Waals surface area contributed by atoms with E-state index in [0.717, 1.165) is 16.6 Å². The minimum atomic E-state index is 0.346. The molecule has 0 saturated heterocycles. The summed E-state index contributed by atoms with van der Waals surface area (Å²) in [5, 5.41) is 4.94. The minimum absolute atomic E-state index is 0.346. The van der Waals surface area contributed by atoms with E-state index in [9.17, 15) is 0 Å². The molecule has 29 heavy (non-hydrogen) atoms. The van der Waals surface area contributed by atoms with Gasteiger partial charge in [0.05, 0.1) is 7.11 Å². The lowest BCUT2D eigenvalue weighted by Crippen LogP contribution is -2.29. The lowest BCUT2D eigenvalue weighted by atomic mass is 9.96. The number of rotatable bonds is 7. The molecule has 0 heterocycles. The summed E-state index contributed by atoms with van der Waals surface area (Å²) in [7, 11) is 1.66. The second kappa shape index (κ2) is 11.5. The first kappa shape index (κ1) is 22.7. The SMILES string of the molecule is COc1cc(CNC2CCCCCCC2)c(Br)cc1OCc1ccc(Cl)cc1Cl. The van der Waals surface area contributed by atoms with Crippen molar-refractivity contribution in [2.24, 2.45) is 0 Å². The van der Waals surface area contributed by atoms with Crippen LogP contribution in [-0.4, -0.2) is 13.2 Å². The molecule has 0 spiro atoms. The first-order valence-corrected chi connectivity index (χ1v) is 11.8. The molecule has 1 aliphatic rings. The van der Waals surface area contributed by atoms with Crippen molar-refractivity contribution in [3.05, 3.63) is 56.0 Å². The molecular formula is C23H28BrCl2NO2. The first-order chi connectivity index (χ1) is 14.1. The summed E-state index contributed by atoms with van der Waals surface area (Å²) in [6.07, 6.45) is 9.27. The average Bonchev–Trinajstić information content (AvgIpc) is 2.67. The fourth-order valence-electron chi connectivity index (χ4n) is 3.69. The van der Waals surface area contributed by atoms with Crippen molar-refractivity contribution < 1.29 is 9.47 Å². The normalized spacial score (nSPS) is 15.6. The largest absolute Gasteiger partial charge is 0.493 e. The highest BCUT2D eigenvalue weighted by Gasteiger charge is 2.15. The Hall–Kier alpha value is -0.940. The topological polar surface area (TPSA) is 30.5 Å². The van der Waals surface area contributed by atoms with E-state index >= 15 is 0 Å². The Bertz CT molecular complexity index is 808. The van der Waals surface area contributed by atoms with Gasteiger partial charge in [-0.1, -0.05) is 77.3 Å². The smallest absolute Gasteiger partial charge is 0.162 e. The molecule has 0 radical (unpaired) electrons. The van der Waals surface area contributed by atoms with Crippen LogP contribution in [0.15, 0.2) is 34.8 Å². The summed E-state index contributed by atoms with van der Waals surface area (Å²) < 4.78 is 12.6. The third-order valence-corrected chi connectivity index (χ3v) is 6.74. The molecule has 0 aromatic heterocycles. The number of hydrogen-bond donors (Lipinski definition) is 1. The number of halogens is 3. The highest BCUT2D eigenvalue weighted by Crippen LogP contribution is 2.35. The van der Waals surface area contributed by atoms with Gasteiger partial charge in [-0.25, -0.2) is 0 Å². The Kier molecular flexibility index (Phi) is 8.98. The zero-order chi connectivity index (χ0) is 20.6. The second-order valence-electron chi connectivity index (χ2n) is 7.54. The average molecular weight is 501 g/mol. The molecule has 0 atom stereocenters. The molecule has 1 fully saturated rings. The Morgan fingerprint density at radius 3 is 2.38 bits per heavy atom. The van der Waals surface area contributed by atoms with Crippen molar-refractivity contribution in [2.75, 3.05) is 7.11 Å². The molecule has 1 N–H and O–H groups in total. The number of hydrogen-bond acceptors (Lipinski definition) is 3. The van der Waals surface area contributed by atoms with E-state index in [-0.39, 0.29) is 0 Å². The Morgan fingerprint density at radius 2 is 1.69 bits per heavy atom. The summed E-state index contributed by atoms with van der Waals surface area (Å²) in [5.41, 5.74) is 2.05. The molecule has 0 bridgehead atoms. The monoisotopic (exact) mass is 499 g/mol. The maximum atomic E-state index is 6.25. The van der Waals surface area contributed by atoms with E-state index in [1.807, 2.05) is 24.3 Å². The van der Waals surface area contributed by atoms with Crippen LogP contribution in [0.3, 0.4) is 0 Å². The van der Waals surface area contributed by atoms with Gasteiger partial charge in [-0.15, -0.1) is 0 Å². The van der Waals surface area contributed by atoms with Crippen LogP contribution in [0.25, 0.3) is 0 Å². The van der Waals surface area contributed by atoms with Crippen molar-refractivity contribution in [1.82, 2.24) is 5.32 Å². The molecule has 2 aromatic carbocycles. The summed E-state index contributed by atoms with van der Waals surface area (Å²) in [6, 6.07) is 10.0. The van der Waals surface area contributed by atoms with E-state index in [1.165, 1.54) is 50.5 Å². The second-order valence-corrected chi connectivity index (χ2v) is 9.24. The Morgan fingerprint density at radius 1 is 0.966 bits per heavy atom. The minimum Gasteiger partial charge on any atom is -0.493 e. The molecule has 0 amide bonds. The van der Waals surface area contributed by atoms with Gasteiger partial charge in [-0.3, -0.25) is 0 Å². The predicted octanol–water partition coefficient (Wildman–Crippen LogP) is 7.55. The van der Waals surface area contributed by atoms with Gasteiger partial charge >= 0.3 is 0 Å². The summed E-state index contributed by atoms with van der Waals surface area (Å²) in [5.74, 6) is 1.40. The van der Waals surface area contributed by atoms with Gasteiger partial charge in [-0.2, -0.15) is 0 Å². The third-order valence-electron chi connectivity index (χ3n) is 5.42. The van der Waals surface area contributed by atoms with Crippen LogP contribution in [0.1, 0.15) is 56.1 Å². The van der Waals surface area contributed by atoms with Crippen LogP contribution >= 0.6 is 39.1 Å². The van der Waals surface area contributed by atoms with Crippen LogP contribution in [0, 0.1) is 0 Å². The molecule has 0 aliphatic heterocycles. The van der Waals surface area contributed by atoms with Crippen molar-refractivity contribution in [1.29, 1.82) is 0 Å². The van der Waals surface area contributed by atoms with Crippen molar-refractivity contribution >= 4 is 39.1 Å². The van der Waals surface area contributed by atoms with Crippen molar-refractivity contribution in [3.63, 3.8) is 0 Å². The number of benzene rings is 2. The van der Waals surface area contributed by atoms with Gasteiger partial charge in [0.15, 0.2) is 11.5 Å². The van der Waals surface area contributed by atoms with E-state index in [4.69, 9.17) is 32.7 Å². The Labute approximate surface area is 192 Å². The van der Waals surface area contributed by atoms with Crippen molar-refractivity contribution in [2.45, 2.75) is 64.1 Å². The molecule has 158 valence electrons. The zero-order valence-corrected chi connectivity index (χ0v) is 19.9. The molecule has 1 saturated carbocycles. The van der Waals surface area contributed by atoms with E-state index in [1.54, 1.807) is 13.2 Å². The molecule has 3 nitrogen and oxygen atoms in total. The van der Waals surface area contributed by atoms with Crippen LogP contribution in [0.2, 0.25) is 10.0 Å². The summed E-state index contributed by atoms with van der Waals surface area (Å²) >= 11 is 15.9. The fourth-order valence-corrected chi connectivity index (χ4v) is 4.62. The maximum Gasteiger partial charge on any atom is 0.162 e. The van der Waals surface area contributed by atoms with Crippen LogP contribution < -0.4 is 14.8 Å². The Balaban J connectivity index is 1.64. The third kappa shape index (κ3) is 6.78. The first-order valence-electron chi connectivity index (χ1n) is 10.2. The zero-order valence-electron chi connectivity index (χ0n) is 16.8. The summed E-state index contributed by atoms with van der Waals surface area (Å²) in [6.45, 7) is 1.16. The lowest BCUT2D eigenvalue weighted by Gasteiger charge is -2.22. The number of ether oxygens (including phenoxy) is 2. The number of methoxy groups -OCH3 is 1. The highest BCUT2D eigenvalue weighted by atomic mass is 79.9. The molecular weight excluding hydrogens is 473 g/mol. The van der Waals surface area contributed by atoms with Gasteiger partial charge < -0.3 is 14.8 Å². The standard InChI is InChI=1S/C23H28BrCl2NO2/c1-28-22-11-17(14-27-19-7-5-3-2-4-6-8-19)20(24)13-23(22)29-15-16-9-10-18(25)12-21(16)26/h9-13,19,27H,2-8,14-15H2,1H3. The van der Waals surface area contributed by atoms with Gasteiger partial charge in [0.2, 0.25) is 0 Å². The fraction of sp³-hybridized carbons (Fsp3) is 0.478. The van der Waals surface area contributed by atoms with Gasteiger partial charge in [-0.05, 0) is 42.7 Å². The van der Waals surface area contributed by atoms with E-state index in [0.29, 0.717) is 34.2 Å². The highest BCUT2D eigenvalue weighted by molar-refractivity contribution is 9.10. The lowest BCUT2D eigenvalue weighted by molar-refractivity contribution is 0.284. The van der Waals surface area contributed by atoms with E-state index < -0.39 is 0 Å².